The zero-order valence-electron chi connectivity index (χ0n) is 17.3. The lowest BCUT2D eigenvalue weighted by Crippen LogP contribution is -2.09. The molecule has 7 heteroatoms. The van der Waals surface area contributed by atoms with Crippen molar-refractivity contribution in [2.24, 2.45) is 0 Å². The Morgan fingerprint density at radius 2 is 1.90 bits per heavy atom. The lowest BCUT2D eigenvalue weighted by molar-refractivity contribution is 0.0514. The largest absolute Gasteiger partial charge is 0.485 e. The van der Waals surface area contributed by atoms with E-state index in [9.17, 15) is 9.59 Å². The molecule has 0 unspecified atom stereocenters. The van der Waals surface area contributed by atoms with Gasteiger partial charge in [0, 0.05) is 17.0 Å². The van der Waals surface area contributed by atoms with Gasteiger partial charge in [0.05, 0.1) is 18.5 Å². The first-order valence-electron chi connectivity index (χ1n) is 10.1. The molecule has 0 saturated carbocycles. The molecule has 2 aromatic heterocycles. The lowest BCUT2D eigenvalue weighted by Gasteiger charge is -2.09. The maximum Gasteiger partial charge on any atom is 0.362 e. The van der Waals surface area contributed by atoms with Crippen molar-refractivity contribution in [1.29, 1.82) is 0 Å². The van der Waals surface area contributed by atoms with Gasteiger partial charge in [-0.05, 0) is 37.1 Å². The second-order valence-electron chi connectivity index (χ2n) is 6.91. The van der Waals surface area contributed by atoms with Crippen LogP contribution in [0.15, 0.2) is 70.0 Å². The van der Waals surface area contributed by atoms with Gasteiger partial charge in [-0.15, -0.1) is 0 Å². The highest BCUT2D eigenvalue weighted by molar-refractivity contribution is 5.90. The van der Waals surface area contributed by atoms with Crippen molar-refractivity contribution in [3.63, 3.8) is 0 Å². The second-order valence-corrected chi connectivity index (χ2v) is 6.91. The molecule has 0 N–H and O–H groups in total. The van der Waals surface area contributed by atoms with Gasteiger partial charge in [-0.1, -0.05) is 37.3 Å². The van der Waals surface area contributed by atoms with E-state index in [2.05, 4.69) is 5.10 Å². The Kier molecular flexibility index (Phi) is 5.84. The van der Waals surface area contributed by atoms with Crippen molar-refractivity contribution < 1.29 is 18.7 Å². The van der Waals surface area contributed by atoms with Crippen LogP contribution in [-0.4, -0.2) is 22.4 Å². The van der Waals surface area contributed by atoms with Gasteiger partial charge in [0.2, 0.25) is 5.69 Å². The van der Waals surface area contributed by atoms with Gasteiger partial charge in [-0.25, -0.2) is 14.3 Å². The van der Waals surface area contributed by atoms with Gasteiger partial charge in [0.1, 0.15) is 12.2 Å². The summed E-state index contributed by atoms with van der Waals surface area (Å²) in [6.45, 7) is 4.06. The van der Waals surface area contributed by atoms with E-state index in [4.69, 9.17) is 13.9 Å². The molecule has 0 aliphatic rings. The molecule has 31 heavy (non-hydrogen) atoms. The van der Waals surface area contributed by atoms with E-state index in [0.717, 1.165) is 23.1 Å². The van der Waals surface area contributed by atoms with Crippen LogP contribution in [0.5, 0.6) is 5.75 Å². The average molecular weight is 418 g/mol. The highest BCUT2D eigenvalue weighted by Crippen LogP contribution is 2.24. The van der Waals surface area contributed by atoms with Crippen molar-refractivity contribution in [1.82, 2.24) is 9.78 Å². The minimum Gasteiger partial charge on any atom is -0.485 e. The summed E-state index contributed by atoms with van der Waals surface area (Å²) in [5.41, 5.74) is 2.65. The number of benzene rings is 2. The Morgan fingerprint density at radius 1 is 1.10 bits per heavy atom. The summed E-state index contributed by atoms with van der Waals surface area (Å²) < 4.78 is 18.0. The Labute approximate surface area is 178 Å². The summed E-state index contributed by atoms with van der Waals surface area (Å²) in [7, 11) is 0. The van der Waals surface area contributed by atoms with Crippen LogP contribution < -0.4 is 10.4 Å². The number of carbonyl (C=O) groups is 1. The van der Waals surface area contributed by atoms with E-state index >= 15 is 0 Å². The van der Waals surface area contributed by atoms with Gasteiger partial charge in [0.15, 0.2) is 5.75 Å². The lowest BCUT2D eigenvalue weighted by atomic mass is 10.1. The third kappa shape index (κ3) is 4.35. The third-order valence-electron chi connectivity index (χ3n) is 4.86. The van der Waals surface area contributed by atoms with Crippen LogP contribution >= 0.6 is 0 Å². The molecule has 0 aliphatic carbocycles. The predicted octanol–water partition coefficient (Wildman–Crippen LogP) is 4.30. The molecule has 0 amide bonds. The Hall–Kier alpha value is -3.87. The van der Waals surface area contributed by atoms with Crippen molar-refractivity contribution in [3.05, 3.63) is 88.0 Å². The first-order valence-corrected chi connectivity index (χ1v) is 10.1. The molecular formula is C24H22N2O5. The smallest absolute Gasteiger partial charge is 0.362 e. The highest BCUT2D eigenvalue weighted by atomic mass is 16.5. The van der Waals surface area contributed by atoms with Gasteiger partial charge in [-0.2, -0.15) is 5.10 Å². The van der Waals surface area contributed by atoms with Gasteiger partial charge < -0.3 is 13.9 Å². The van der Waals surface area contributed by atoms with E-state index in [-0.39, 0.29) is 24.7 Å². The molecule has 0 saturated heterocycles. The molecule has 0 atom stereocenters. The van der Waals surface area contributed by atoms with Gasteiger partial charge in [-0.3, -0.25) is 0 Å². The molecule has 0 radical (unpaired) electrons. The van der Waals surface area contributed by atoms with Crippen molar-refractivity contribution >= 4 is 16.9 Å². The zero-order valence-corrected chi connectivity index (χ0v) is 17.3. The van der Waals surface area contributed by atoms with Crippen LogP contribution in [0.4, 0.5) is 0 Å². The molecule has 0 spiro atoms. The number of hydrogen-bond donors (Lipinski definition) is 0. The second kappa shape index (κ2) is 8.87. The number of esters is 1. The Bertz CT molecular complexity index is 1270. The van der Waals surface area contributed by atoms with Crippen LogP contribution in [0.3, 0.4) is 0 Å². The SMILES string of the molecule is CCOC(=O)c1nn(-c2ccccc2)cc1OCc1cc(=O)oc2cc(CC)ccc12. The summed E-state index contributed by atoms with van der Waals surface area (Å²) in [6.07, 6.45) is 2.46. The maximum absolute atomic E-state index is 12.4. The molecular weight excluding hydrogens is 396 g/mol. The molecule has 158 valence electrons. The van der Waals surface area contributed by atoms with Crippen LogP contribution in [0, 0.1) is 0 Å². The molecule has 0 aliphatic heterocycles. The molecule has 7 nitrogen and oxygen atoms in total. The maximum atomic E-state index is 12.4. The minimum atomic E-state index is -0.572. The molecule has 4 aromatic rings. The molecule has 4 rings (SSSR count). The number of fused-ring (bicyclic) bond motifs is 1. The van der Waals surface area contributed by atoms with Crippen LogP contribution in [-0.2, 0) is 17.8 Å². The summed E-state index contributed by atoms with van der Waals surface area (Å²) >= 11 is 0. The third-order valence-corrected chi connectivity index (χ3v) is 4.86. The summed E-state index contributed by atoms with van der Waals surface area (Å²) in [5.74, 6) is -0.300. The van der Waals surface area contributed by atoms with Crippen molar-refractivity contribution in [3.8, 4) is 11.4 Å². The molecule has 0 bridgehead atoms. The molecule has 2 heterocycles. The topological polar surface area (TPSA) is 83.6 Å². The standard InChI is InChI=1S/C24H22N2O5/c1-3-16-10-11-19-17(13-22(27)31-20(19)12-16)15-30-21-14-26(18-8-6-5-7-9-18)25-23(21)24(28)29-4-2/h5-14H,3-4,15H2,1-2H3. The number of carbonyl (C=O) groups excluding carboxylic acids is 1. The molecule has 0 fully saturated rings. The van der Waals surface area contributed by atoms with Crippen molar-refractivity contribution in [2.45, 2.75) is 26.9 Å². The number of ether oxygens (including phenoxy) is 2. The fraction of sp³-hybridized carbons (Fsp3) is 0.208. The zero-order chi connectivity index (χ0) is 21.8. The normalized spacial score (nSPS) is 10.9. The van der Waals surface area contributed by atoms with E-state index < -0.39 is 11.6 Å². The number of nitrogens with zero attached hydrogens (tertiary/aromatic N) is 2. The summed E-state index contributed by atoms with van der Waals surface area (Å²) in [5, 5.41) is 5.13. The Morgan fingerprint density at radius 3 is 2.65 bits per heavy atom. The van der Waals surface area contributed by atoms with Crippen LogP contribution in [0.2, 0.25) is 0 Å². The highest BCUT2D eigenvalue weighted by Gasteiger charge is 2.21. The Balaban J connectivity index is 1.68. The van der Waals surface area contributed by atoms with E-state index in [1.54, 1.807) is 17.8 Å². The van der Waals surface area contributed by atoms with Crippen LogP contribution in [0.25, 0.3) is 16.7 Å². The molecule has 2 aromatic carbocycles. The summed E-state index contributed by atoms with van der Waals surface area (Å²) in [6, 6.07) is 16.5. The van der Waals surface area contributed by atoms with Gasteiger partial charge >= 0.3 is 11.6 Å². The number of aryl methyl sites for hydroxylation is 1. The number of rotatable bonds is 7. The van der Waals surface area contributed by atoms with E-state index in [0.29, 0.717) is 11.1 Å². The van der Waals surface area contributed by atoms with Crippen molar-refractivity contribution in [2.75, 3.05) is 6.61 Å². The minimum absolute atomic E-state index is 0.0699. The number of aromatic nitrogens is 2. The average Bonchev–Trinajstić information content (AvgIpc) is 3.22. The fourth-order valence-corrected chi connectivity index (χ4v) is 3.29. The first-order chi connectivity index (χ1) is 15.1. The van der Waals surface area contributed by atoms with E-state index in [1.807, 2.05) is 55.5 Å². The first kappa shape index (κ1) is 20.4. The van der Waals surface area contributed by atoms with E-state index in [1.165, 1.54) is 6.07 Å². The number of para-hydroxylation sites is 1. The fourth-order valence-electron chi connectivity index (χ4n) is 3.29. The predicted molar refractivity (Wildman–Crippen MR) is 116 cm³/mol. The van der Waals surface area contributed by atoms with Crippen LogP contribution in [0.1, 0.15) is 35.5 Å². The summed E-state index contributed by atoms with van der Waals surface area (Å²) in [4.78, 5) is 24.5. The monoisotopic (exact) mass is 418 g/mol. The number of hydrogen-bond acceptors (Lipinski definition) is 6. The van der Waals surface area contributed by atoms with Gasteiger partial charge in [0.25, 0.3) is 0 Å². The quantitative estimate of drug-likeness (QED) is 0.329.